The van der Waals surface area contributed by atoms with Crippen molar-refractivity contribution in [3.05, 3.63) is 0 Å². The number of hydrogen-bond donors (Lipinski definition) is 2. The highest BCUT2D eigenvalue weighted by Gasteiger charge is 2.14. The molecule has 2 heteroatoms. The summed E-state index contributed by atoms with van der Waals surface area (Å²) in [5, 5.41) is 3.59. The monoisotopic (exact) mass is 212 g/mol. The lowest BCUT2D eigenvalue weighted by atomic mass is 9.87. The summed E-state index contributed by atoms with van der Waals surface area (Å²) in [6, 6.07) is 0.508. The van der Waals surface area contributed by atoms with E-state index in [4.69, 9.17) is 5.73 Å². The molecule has 2 nitrogen and oxygen atoms in total. The van der Waals surface area contributed by atoms with E-state index in [1.165, 1.54) is 38.5 Å². The molecule has 1 unspecified atom stereocenters. The van der Waals surface area contributed by atoms with Crippen LogP contribution in [0.1, 0.15) is 52.4 Å². The maximum atomic E-state index is 5.73. The molecule has 1 aliphatic carbocycles. The minimum absolute atomic E-state index is 0.508. The van der Waals surface area contributed by atoms with Crippen molar-refractivity contribution in [2.75, 3.05) is 13.1 Å². The van der Waals surface area contributed by atoms with E-state index in [9.17, 15) is 0 Å². The van der Waals surface area contributed by atoms with Crippen LogP contribution in [0, 0.1) is 11.8 Å². The van der Waals surface area contributed by atoms with Gasteiger partial charge in [-0.15, -0.1) is 0 Å². The molecule has 0 saturated heterocycles. The van der Waals surface area contributed by atoms with Gasteiger partial charge >= 0.3 is 0 Å². The molecule has 1 atom stereocenters. The third-order valence-corrected chi connectivity index (χ3v) is 3.74. The highest BCUT2D eigenvalue weighted by Crippen LogP contribution is 2.25. The summed E-state index contributed by atoms with van der Waals surface area (Å²) in [5.41, 5.74) is 5.73. The maximum absolute atomic E-state index is 5.73. The molecule has 90 valence electrons. The highest BCUT2D eigenvalue weighted by atomic mass is 14.9. The fraction of sp³-hybridized carbons (Fsp3) is 1.00. The number of nitrogens with two attached hydrogens (primary N) is 1. The molecule has 0 bridgehead atoms. The second kappa shape index (κ2) is 7.24. The Labute approximate surface area is 95.0 Å². The van der Waals surface area contributed by atoms with E-state index in [1.54, 1.807) is 0 Å². The van der Waals surface area contributed by atoms with Crippen LogP contribution in [0.4, 0.5) is 0 Å². The van der Waals surface area contributed by atoms with Crippen LogP contribution >= 0.6 is 0 Å². The first kappa shape index (κ1) is 13.0. The molecule has 1 rings (SSSR count). The summed E-state index contributed by atoms with van der Waals surface area (Å²) < 4.78 is 0. The van der Waals surface area contributed by atoms with Crippen molar-refractivity contribution >= 4 is 0 Å². The minimum atomic E-state index is 0.508. The van der Waals surface area contributed by atoms with Crippen molar-refractivity contribution in [1.29, 1.82) is 0 Å². The standard InChI is InChI=1S/C13H28N2/c1-11(2)13(10-14)15-9-8-12-6-4-3-5-7-12/h11-13,15H,3-10,14H2,1-2H3. The molecule has 0 aromatic heterocycles. The van der Waals surface area contributed by atoms with Crippen LogP contribution in [0.15, 0.2) is 0 Å². The molecule has 0 radical (unpaired) electrons. The van der Waals surface area contributed by atoms with Crippen LogP contribution < -0.4 is 11.1 Å². The van der Waals surface area contributed by atoms with E-state index in [1.807, 2.05) is 0 Å². The predicted molar refractivity (Wildman–Crippen MR) is 66.9 cm³/mol. The Bertz CT molecular complexity index is 151. The van der Waals surface area contributed by atoms with Crippen molar-refractivity contribution in [3.63, 3.8) is 0 Å². The van der Waals surface area contributed by atoms with E-state index in [-0.39, 0.29) is 0 Å². The van der Waals surface area contributed by atoms with Crippen LogP contribution in [-0.4, -0.2) is 19.1 Å². The largest absolute Gasteiger partial charge is 0.329 e. The zero-order chi connectivity index (χ0) is 11.1. The van der Waals surface area contributed by atoms with E-state index in [2.05, 4.69) is 19.2 Å². The molecule has 1 aliphatic rings. The molecule has 15 heavy (non-hydrogen) atoms. The summed E-state index contributed by atoms with van der Waals surface area (Å²) >= 11 is 0. The van der Waals surface area contributed by atoms with Gasteiger partial charge in [0.2, 0.25) is 0 Å². The summed E-state index contributed by atoms with van der Waals surface area (Å²) in [5.74, 6) is 1.64. The van der Waals surface area contributed by atoms with Gasteiger partial charge in [0.05, 0.1) is 0 Å². The van der Waals surface area contributed by atoms with Crippen molar-refractivity contribution in [1.82, 2.24) is 5.32 Å². The van der Waals surface area contributed by atoms with Gasteiger partial charge in [0.15, 0.2) is 0 Å². The Balaban J connectivity index is 2.08. The lowest BCUT2D eigenvalue weighted by molar-refractivity contribution is 0.317. The van der Waals surface area contributed by atoms with Crippen LogP contribution in [0.25, 0.3) is 0 Å². The van der Waals surface area contributed by atoms with Crippen molar-refractivity contribution in [2.24, 2.45) is 17.6 Å². The van der Waals surface area contributed by atoms with Gasteiger partial charge in [-0.2, -0.15) is 0 Å². The Hall–Kier alpha value is -0.0800. The second-order valence-electron chi connectivity index (χ2n) is 5.33. The summed E-state index contributed by atoms with van der Waals surface area (Å²) in [4.78, 5) is 0. The fourth-order valence-corrected chi connectivity index (χ4v) is 2.54. The molecule has 1 saturated carbocycles. The number of hydrogen-bond acceptors (Lipinski definition) is 2. The summed E-state index contributed by atoms with van der Waals surface area (Å²) in [6.45, 7) is 6.41. The van der Waals surface area contributed by atoms with Crippen LogP contribution in [0.5, 0.6) is 0 Å². The molecule has 3 N–H and O–H groups in total. The molecule has 1 fully saturated rings. The molecule has 0 aliphatic heterocycles. The molecular formula is C13H28N2. The predicted octanol–water partition coefficient (Wildman–Crippen LogP) is 2.53. The lowest BCUT2D eigenvalue weighted by Crippen LogP contribution is -2.41. The van der Waals surface area contributed by atoms with Crippen LogP contribution in [-0.2, 0) is 0 Å². The normalized spacial score (nSPS) is 20.8. The molecule has 0 aromatic rings. The smallest absolute Gasteiger partial charge is 0.0213 e. The zero-order valence-corrected chi connectivity index (χ0v) is 10.5. The zero-order valence-electron chi connectivity index (χ0n) is 10.5. The van der Waals surface area contributed by atoms with Crippen LogP contribution in [0.3, 0.4) is 0 Å². The second-order valence-corrected chi connectivity index (χ2v) is 5.33. The third kappa shape index (κ3) is 4.98. The Morgan fingerprint density at radius 1 is 1.20 bits per heavy atom. The topological polar surface area (TPSA) is 38.0 Å². The molecule has 0 aromatic carbocycles. The number of nitrogens with one attached hydrogen (secondary N) is 1. The number of rotatable bonds is 6. The molecular weight excluding hydrogens is 184 g/mol. The van der Waals surface area contributed by atoms with Gasteiger partial charge in [-0.3, -0.25) is 0 Å². The first-order chi connectivity index (χ1) is 7.24. The average Bonchev–Trinajstić information content (AvgIpc) is 2.25. The van der Waals surface area contributed by atoms with Crippen molar-refractivity contribution < 1.29 is 0 Å². The lowest BCUT2D eigenvalue weighted by Gasteiger charge is -2.24. The Kier molecular flexibility index (Phi) is 6.26. The Morgan fingerprint density at radius 3 is 2.40 bits per heavy atom. The van der Waals surface area contributed by atoms with Crippen molar-refractivity contribution in [3.8, 4) is 0 Å². The van der Waals surface area contributed by atoms with Gasteiger partial charge in [0.25, 0.3) is 0 Å². The van der Waals surface area contributed by atoms with Gasteiger partial charge in [0, 0.05) is 12.6 Å². The molecule has 0 heterocycles. The minimum Gasteiger partial charge on any atom is -0.329 e. The van der Waals surface area contributed by atoms with Crippen molar-refractivity contribution in [2.45, 2.75) is 58.4 Å². The van der Waals surface area contributed by atoms with E-state index in [0.29, 0.717) is 12.0 Å². The average molecular weight is 212 g/mol. The van der Waals surface area contributed by atoms with Crippen LogP contribution in [0.2, 0.25) is 0 Å². The summed E-state index contributed by atoms with van der Waals surface area (Å²) in [7, 11) is 0. The van der Waals surface area contributed by atoms with E-state index < -0.39 is 0 Å². The van der Waals surface area contributed by atoms with E-state index in [0.717, 1.165) is 19.0 Å². The SMILES string of the molecule is CC(C)C(CN)NCCC1CCCCC1. The highest BCUT2D eigenvalue weighted by molar-refractivity contribution is 4.73. The fourth-order valence-electron chi connectivity index (χ4n) is 2.54. The molecule has 0 amide bonds. The third-order valence-electron chi connectivity index (χ3n) is 3.74. The summed E-state index contributed by atoms with van der Waals surface area (Å²) in [6.07, 6.45) is 8.63. The van der Waals surface area contributed by atoms with Gasteiger partial charge in [-0.05, 0) is 24.8 Å². The Morgan fingerprint density at radius 2 is 1.87 bits per heavy atom. The quantitative estimate of drug-likeness (QED) is 0.710. The first-order valence-corrected chi connectivity index (χ1v) is 6.67. The van der Waals surface area contributed by atoms with Gasteiger partial charge in [0.1, 0.15) is 0 Å². The van der Waals surface area contributed by atoms with Gasteiger partial charge < -0.3 is 11.1 Å². The van der Waals surface area contributed by atoms with E-state index >= 15 is 0 Å². The maximum Gasteiger partial charge on any atom is 0.0213 e. The molecule has 0 spiro atoms. The van der Waals surface area contributed by atoms with Gasteiger partial charge in [-0.25, -0.2) is 0 Å². The first-order valence-electron chi connectivity index (χ1n) is 6.67. The van der Waals surface area contributed by atoms with Gasteiger partial charge in [-0.1, -0.05) is 46.0 Å².